The molecule has 0 saturated heterocycles. The van der Waals surface area contributed by atoms with Crippen LogP contribution in [0.4, 0.5) is 0 Å². The molecule has 5 nitrogen and oxygen atoms in total. The molecule has 1 aromatic heterocycles. The molecular formula is C16H18Cl3N3O2. The van der Waals surface area contributed by atoms with Gasteiger partial charge in [0.1, 0.15) is 5.75 Å². The third-order valence-electron chi connectivity index (χ3n) is 3.31. The number of amides is 1. The highest BCUT2D eigenvalue weighted by Gasteiger charge is 2.09. The summed E-state index contributed by atoms with van der Waals surface area (Å²) in [5.74, 6) is 0.0920. The molecule has 2 aromatic rings. The number of ether oxygens (including phenoxy) is 1. The van der Waals surface area contributed by atoms with Crippen LogP contribution in [0, 0.1) is 13.8 Å². The number of hydrogen-bond acceptors (Lipinski definition) is 3. The van der Waals surface area contributed by atoms with Crippen molar-refractivity contribution in [3.8, 4) is 5.75 Å². The molecule has 24 heavy (non-hydrogen) atoms. The number of carbonyl (C=O) groups is 1. The fraction of sp³-hybridized carbons (Fsp3) is 0.375. The van der Waals surface area contributed by atoms with Gasteiger partial charge in [-0.25, -0.2) is 0 Å². The Hall–Kier alpha value is -1.43. The Labute approximate surface area is 155 Å². The summed E-state index contributed by atoms with van der Waals surface area (Å²) >= 11 is 17.7. The van der Waals surface area contributed by atoms with Crippen LogP contribution in [0.15, 0.2) is 18.2 Å². The van der Waals surface area contributed by atoms with Gasteiger partial charge < -0.3 is 10.1 Å². The van der Waals surface area contributed by atoms with Crippen molar-refractivity contribution in [3.05, 3.63) is 44.7 Å². The lowest BCUT2D eigenvalue weighted by molar-refractivity contribution is -0.123. The number of aromatic nitrogens is 2. The quantitative estimate of drug-likeness (QED) is 0.573. The smallest absolute Gasteiger partial charge is 0.257 e. The third-order valence-corrected chi connectivity index (χ3v) is 4.32. The lowest BCUT2D eigenvalue weighted by atomic mass is 10.3. The Balaban J connectivity index is 1.72. The van der Waals surface area contributed by atoms with E-state index in [0.29, 0.717) is 27.4 Å². The first kappa shape index (κ1) is 18.9. The second kappa shape index (κ2) is 8.60. The first-order valence-corrected chi connectivity index (χ1v) is 8.55. The summed E-state index contributed by atoms with van der Waals surface area (Å²) in [6, 6.07) is 4.99. The van der Waals surface area contributed by atoms with Crippen LogP contribution in [0.1, 0.15) is 17.8 Å². The van der Waals surface area contributed by atoms with Gasteiger partial charge in [0.25, 0.3) is 5.91 Å². The minimum absolute atomic E-state index is 0.141. The largest absolute Gasteiger partial charge is 0.482 e. The number of aryl methyl sites for hydroxylation is 3. The zero-order chi connectivity index (χ0) is 17.7. The van der Waals surface area contributed by atoms with E-state index in [4.69, 9.17) is 39.5 Å². The Morgan fingerprint density at radius 3 is 2.54 bits per heavy atom. The van der Waals surface area contributed by atoms with Crippen molar-refractivity contribution >= 4 is 40.7 Å². The number of carbonyl (C=O) groups excluding carboxylic acids is 1. The number of nitrogens with one attached hydrogen (secondary N) is 1. The van der Waals surface area contributed by atoms with Crippen LogP contribution in [-0.2, 0) is 11.3 Å². The average molecular weight is 391 g/mol. The highest BCUT2D eigenvalue weighted by Crippen LogP contribution is 2.33. The number of benzene rings is 1. The molecule has 1 heterocycles. The number of hydrogen-bond donors (Lipinski definition) is 1. The van der Waals surface area contributed by atoms with Crippen LogP contribution >= 0.6 is 34.8 Å². The predicted molar refractivity (Wildman–Crippen MR) is 96.3 cm³/mol. The molecule has 0 bridgehead atoms. The maximum absolute atomic E-state index is 11.8. The predicted octanol–water partition coefficient (Wildman–Crippen LogP) is 4.05. The van der Waals surface area contributed by atoms with Crippen molar-refractivity contribution < 1.29 is 9.53 Å². The van der Waals surface area contributed by atoms with Crippen molar-refractivity contribution in [1.82, 2.24) is 15.1 Å². The zero-order valence-electron chi connectivity index (χ0n) is 13.4. The maximum Gasteiger partial charge on any atom is 0.257 e. The monoisotopic (exact) mass is 389 g/mol. The summed E-state index contributed by atoms with van der Waals surface area (Å²) in [5.41, 5.74) is 2.10. The molecule has 0 saturated carbocycles. The zero-order valence-corrected chi connectivity index (χ0v) is 15.7. The minimum Gasteiger partial charge on any atom is -0.482 e. The van der Waals surface area contributed by atoms with Crippen LogP contribution in [0.2, 0.25) is 15.1 Å². The minimum atomic E-state index is -0.231. The van der Waals surface area contributed by atoms with Crippen molar-refractivity contribution in [2.24, 2.45) is 0 Å². The SMILES string of the molecule is Cc1cc(C)n(CCCNC(=O)COc2cc(Cl)c(Cl)cc2Cl)n1. The highest BCUT2D eigenvalue weighted by molar-refractivity contribution is 6.43. The molecule has 2 rings (SSSR count). The normalized spacial score (nSPS) is 10.7. The van der Waals surface area contributed by atoms with E-state index in [0.717, 1.165) is 24.4 Å². The van der Waals surface area contributed by atoms with Crippen LogP contribution in [0.25, 0.3) is 0 Å². The summed E-state index contributed by atoms with van der Waals surface area (Å²) in [5, 5.41) is 8.12. The molecule has 1 N–H and O–H groups in total. The molecule has 0 aliphatic rings. The van der Waals surface area contributed by atoms with Gasteiger partial charge in [-0.15, -0.1) is 0 Å². The van der Waals surface area contributed by atoms with Gasteiger partial charge in [0.2, 0.25) is 0 Å². The van der Waals surface area contributed by atoms with Crippen LogP contribution in [0.5, 0.6) is 5.75 Å². The first-order valence-electron chi connectivity index (χ1n) is 7.42. The second-order valence-corrected chi connectivity index (χ2v) is 6.56. The van der Waals surface area contributed by atoms with Gasteiger partial charge in [-0.3, -0.25) is 9.48 Å². The van der Waals surface area contributed by atoms with E-state index in [-0.39, 0.29) is 12.5 Å². The number of nitrogens with zero attached hydrogens (tertiary/aromatic N) is 2. The Morgan fingerprint density at radius 2 is 1.88 bits per heavy atom. The maximum atomic E-state index is 11.8. The van der Waals surface area contributed by atoms with Crippen LogP contribution in [0.3, 0.4) is 0 Å². The Morgan fingerprint density at radius 1 is 1.17 bits per heavy atom. The summed E-state index contributed by atoms with van der Waals surface area (Å²) in [4.78, 5) is 11.8. The van der Waals surface area contributed by atoms with Gasteiger partial charge in [-0.2, -0.15) is 5.10 Å². The first-order chi connectivity index (χ1) is 11.4. The average Bonchev–Trinajstić information content (AvgIpc) is 2.84. The third kappa shape index (κ3) is 5.30. The highest BCUT2D eigenvalue weighted by atomic mass is 35.5. The van der Waals surface area contributed by atoms with E-state index in [1.165, 1.54) is 12.1 Å². The molecule has 1 aromatic carbocycles. The lowest BCUT2D eigenvalue weighted by Gasteiger charge is -2.10. The Bertz CT molecular complexity index is 732. The van der Waals surface area contributed by atoms with Crippen molar-refractivity contribution in [2.45, 2.75) is 26.8 Å². The lowest BCUT2D eigenvalue weighted by Crippen LogP contribution is -2.30. The summed E-state index contributed by atoms with van der Waals surface area (Å²) < 4.78 is 7.29. The van der Waals surface area contributed by atoms with E-state index in [2.05, 4.69) is 10.4 Å². The van der Waals surface area contributed by atoms with Gasteiger partial charge in [0, 0.05) is 24.8 Å². The topological polar surface area (TPSA) is 56.2 Å². The Kier molecular flexibility index (Phi) is 6.78. The summed E-state index contributed by atoms with van der Waals surface area (Å²) in [6.07, 6.45) is 0.779. The van der Waals surface area contributed by atoms with Crippen molar-refractivity contribution in [3.63, 3.8) is 0 Å². The second-order valence-electron chi connectivity index (χ2n) is 5.34. The number of rotatable bonds is 7. The molecule has 1 amide bonds. The van der Waals surface area contributed by atoms with Gasteiger partial charge >= 0.3 is 0 Å². The molecule has 130 valence electrons. The van der Waals surface area contributed by atoms with Gasteiger partial charge in [-0.1, -0.05) is 34.8 Å². The van der Waals surface area contributed by atoms with Crippen LogP contribution in [-0.4, -0.2) is 28.8 Å². The van der Waals surface area contributed by atoms with E-state index in [1.54, 1.807) is 0 Å². The summed E-state index contributed by atoms with van der Waals surface area (Å²) in [7, 11) is 0. The van der Waals surface area contributed by atoms with Gasteiger partial charge in [0.05, 0.1) is 20.8 Å². The number of halogens is 3. The summed E-state index contributed by atoms with van der Waals surface area (Å²) in [6.45, 7) is 5.11. The van der Waals surface area contributed by atoms with E-state index >= 15 is 0 Å². The molecule has 0 aliphatic heterocycles. The molecule has 0 fully saturated rings. The molecule has 0 aliphatic carbocycles. The standard InChI is InChI=1S/C16H18Cl3N3O2/c1-10-6-11(2)22(21-10)5-3-4-20-16(23)9-24-15-8-13(18)12(17)7-14(15)19/h6-8H,3-5,9H2,1-2H3,(H,20,23). The molecule has 0 unspecified atom stereocenters. The van der Waals surface area contributed by atoms with Crippen molar-refractivity contribution in [2.75, 3.05) is 13.2 Å². The molecular weight excluding hydrogens is 373 g/mol. The van der Waals surface area contributed by atoms with E-state index in [9.17, 15) is 4.79 Å². The molecule has 0 spiro atoms. The van der Waals surface area contributed by atoms with E-state index in [1.807, 2.05) is 24.6 Å². The van der Waals surface area contributed by atoms with E-state index < -0.39 is 0 Å². The molecule has 8 heteroatoms. The molecule has 0 radical (unpaired) electrons. The van der Waals surface area contributed by atoms with Gasteiger partial charge in [0.15, 0.2) is 6.61 Å². The van der Waals surface area contributed by atoms with Crippen molar-refractivity contribution in [1.29, 1.82) is 0 Å². The van der Waals surface area contributed by atoms with Gasteiger partial charge in [-0.05, 0) is 32.4 Å². The molecule has 0 atom stereocenters. The fourth-order valence-electron chi connectivity index (χ4n) is 2.17. The van der Waals surface area contributed by atoms with Crippen LogP contribution < -0.4 is 10.1 Å². The fourth-order valence-corrected chi connectivity index (χ4v) is 2.76.